The van der Waals surface area contributed by atoms with Gasteiger partial charge >= 0.3 is 0 Å². The second-order valence-electron chi connectivity index (χ2n) is 9.30. The maximum Gasteiger partial charge on any atom is 0.264 e. The molecule has 39 heavy (non-hydrogen) atoms. The number of aryl methyl sites for hydroxylation is 2. The molecule has 0 bridgehead atoms. The normalized spacial score (nSPS) is 12.1. The predicted molar refractivity (Wildman–Crippen MR) is 157 cm³/mol. The fourth-order valence-electron chi connectivity index (χ4n) is 4.03. The summed E-state index contributed by atoms with van der Waals surface area (Å²) in [6, 6.07) is 17.4. The van der Waals surface area contributed by atoms with Crippen molar-refractivity contribution < 1.29 is 18.0 Å². The number of benzene rings is 3. The molecule has 208 valence electrons. The van der Waals surface area contributed by atoms with E-state index in [1.165, 1.54) is 17.0 Å². The zero-order valence-electron chi connectivity index (χ0n) is 22.4. The molecule has 3 aromatic carbocycles. The lowest BCUT2D eigenvalue weighted by atomic mass is 10.1. The van der Waals surface area contributed by atoms with Crippen molar-refractivity contribution in [2.45, 2.75) is 51.6 Å². The first-order chi connectivity index (χ1) is 18.5. The van der Waals surface area contributed by atoms with E-state index >= 15 is 0 Å². The molecule has 7 nitrogen and oxygen atoms in total. The number of nitrogens with zero attached hydrogens (tertiary/aromatic N) is 2. The van der Waals surface area contributed by atoms with Crippen molar-refractivity contribution in [2.24, 2.45) is 0 Å². The second kappa shape index (κ2) is 13.3. The van der Waals surface area contributed by atoms with Crippen molar-refractivity contribution in [2.75, 3.05) is 17.4 Å². The zero-order valence-corrected chi connectivity index (χ0v) is 24.8. The van der Waals surface area contributed by atoms with Crippen molar-refractivity contribution in [3.8, 4) is 0 Å². The third kappa shape index (κ3) is 7.32. The van der Waals surface area contributed by atoms with Gasteiger partial charge in [-0.2, -0.15) is 0 Å². The monoisotopic (exact) mass is 589 g/mol. The van der Waals surface area contributed by atoms with Crippen LogP contribution in [0.4, 0.5) is 5.69 Å². The van der Waals surface area contributed by atoms with Gasteiger partial charge in [-0.15, -0.1) is 0 Å². The molecule has 3 rings (SSSR count). The van der Waals surface area contributed by atoms with E-state index in [4.69, 9.17) is 23.2 Å². The molecule has 0 saturated carbocycles. The van der Waals surface area contributed by atoms with Gasteiger partial charge in [0.05, 0.1) is 10.6 Å². The van der Waals surface area contributed by atoms with Gasteiger partial charge in [-0.25, -0.2) is 8.42 Å². The van der Waals surface area contributed by atoms with E-state index in [9.17, 15) is 18.0 Å². The Labute approximate surface area is 240 Å². The number of amides is 2. The number of para-hydroxylation sites is 1. The van der Waals surface area contributed by atoms with E-state index in [1.807, 2.05) is 13.8 Å². The summed E-state index contributed by atoms with van der Waals surface area (Å²) in [5.41, 5.74) is 2.41. The number of nitrogens with one attached hydrogen (secondary N) is 1. The molecule has 0 aromatic heterocycles. The Morgan fingerprint density at radius 3 is 2.13 bits per heavy atom. The lowest BCUT2D eigenvalue weighted by molar-refractivity contribution is -0.139. The summed E-state index contributed by atoms with van der Waals surface area (Å²) < 4.78 is 28.9. The fraction of sp³-hybridized carbons (Fsp3) is 0.310. The minimum atomic E-state index is -4.14. The molecule has 2 amide bonds. The van der Waals surface area contributed by atoms with Crippen LogP contribution in [-0.2, 0) is 26.2 Å². The van der Waals surface area contributed by atoms with E-state index in [1.54, 1.807) is 68.4 Å². The minimum absolute atomic E-state index is 0.0542. The smallest absolute Gasteiger partial charge is 0.264 e. The van der Waals surface area contributed by atoms with E-state index in [0.29, 0.717) is 33.4 Å². The van der Waals surface area contributed by atoms with Gasteiger partial charge in [0, 0.05) is 28.7 Å². The molecule has 0 saturated heterocycles. The molecule has 0 aliphatic carbocycles. The lowest BCUT2D eigenvalue weighted by Crippen LogP contribution is -2.51. The van der Waals surface area contributed by atoms with Crippen LogP contribution in [0.1, 0.15) is 37.0 Å². The molecular weight excluding hydrogens is 557 g/mol. The number of sulfonamides is 1. The van der Waals surface area contributed by atoms with Gasteiger partial charge in [0.25, 0.3) is 10.0 Å². The molecule has 0 spiro atoms. The van der Waals surface area contributed by atoms with E-state index < -0.39 is 28.5 Å². The topological polar surface area (TPSA) is 86.8 Å². The third-order valence-corrected chi connectivity index (χ3v) is 8.86. The Kier molecular flexibility index (Phi) is 10.4. The zero-order chi connectivity index (χ0) is 28.7. The quantitative estimate of drug-likeness (QED) is 0.308. The molecule has 10 heteroatoms. The van der Waals surface area contributed by atoms with Crippen molar-refractivity contribution >= 4 is 50.7 Å². The highest BCUT2D eigenvalue weighted by atomic mass is 35.5. The van der Waals surface area contributed by atoms with E-state index in [-0.39, 0.29) is 17.3 Å². The van der Waals surface area contributed by atoms with Crippen molar-refractivity contribution in [3.63, 3.8) is 0 Å². The molecule has 0 unspecified atom stereocenters. The van der Waals surface area contributed by atoms with Crippen LogP contribution in [0.2, 0.25) is 10.0 Å². The average Bonchev–Trinajstić information content (AvgIpc) is 2.90. The molecular formula is C29H33Cl2N3O4S. The van der Waals surface area contributed by atoms with Crippen molar-refractivity contribution in [3.05, 3.63) is 93.5 Å². The fourth-order valence-corrected chi connectivity index (χ4v) is 6.02. The van der Waals surface area contributed by atoms with Crippen LogP contribution in [0.15, 0.2) is 71.6 Å². The maximum absolute atomic E-state index is 14.0. The molecule has 1 N–H and O–H groups in total. The van der Waals surface area contributed by atoms with Gasteiger partial charge in [-0.05, 0) is 63.1 Å². The molecule has 1 atom stereocenters. The number of anilines is 1. The summed E-state index contributed by atoms with van der Waals surface area (Å²) in [5, 5.41) is 3.48. The third-order valence-electron chi connectivity index (χ3n) is 6.38. The SMILES string of the molecule is CCCNC(=O)[C@@H](C)N(Cc1c(Cl)cccc1Cl)C(=O)CN(c1ccccc1C)S(=O)(=O)c1ccc(C)cc1. The Hall–Kier alpha value is -3.07. The van der Waals surface area contributed by atoms with Crippen LogP contribution in [0.3, 0.4) is 0 Å². The lowest BCUT2D eigenvalue weighted by Gasteiger charge is -2.32. The van der Waals surface area contributed by atoms with Gasteiger partial charge in [0.1, 0.15) is 12.6 Å². The van der Waals surface area contributed by atoms with E-state index in [0.717, 1.165) is 16.3 Å². The number of halogens is 2. The highest BCUT2D eigenvalue weighted by Gasteiger charge is 2.33. The maximum atomic E-state index is 14.0. The Morgan fingerprint density at radius 1 is 0.923 bits per heavy atom. The Bertz CT molecular complexity index is 1410. The van der Waals surface area contributed by atoms with Gasteiger partial charge in [0.2, 0.25) is 11.8 Å². The highest BCUT2D eigenvalue weighted by molar-refractivity contribution is 7.92. The molecule has 0 aliphatic heterocycles. The van der Waals surface area contributed by atoms with Crippen LogP contribution in [0.25, 0.3) is 0 Å². The van der Waals surface area contributed by atoms with Gasteiger partial charge in [-0.3, -0.25) is 13.9 Å². The highest BCUT2D eigenvalue weighted by Crippen LogP contribution is 2.29. The van der Waals surface area contributed by atoms with Crippen LogP contribution in [0.5, 0.6) is 0 Å². The van der Waals surface area contributed by atoms with Gasteiger partial charge in [0.15, 0.2) is 0 Å². The van der Waals surface area contributed by atoms with Crippen LogP contribution in [-0.4, -0.2) is 44.3 Å². The van der Waals surface area contributed by atoms with Gasteiger partial charge in [-0.1, -0.05) is 72.1 Å². The van der Waals surface area contributed by atoms with E-state index in [2.05, 4.69) is 5.32 Å². The Balaban J connectivity index is 2.07. The summed E-state index contributed by atoms with van der Waals surface area (Å²) in [6.07, 6.45) is 0.721. The van der Waals surface area contributed by atoms with Crippen molar-refractivity contribution in [1.29, 1.82) is 0 Å². The Morgan fingerprint density at radius 2 is 1.54 bits per heavy atom. The van der Waals surface area contributed by atoms with Crippen LogP contribution in [0, 0.1) is 13.8 Å². The van der Waals surface area contributed by atoms with Crippen molar-refractivity contribution in [1.82, 2.24) is 10.2 Å². The van der Waals surface area contributed by atoms with Gasteiger partial charge < -0.3 is 10.2 Å². The molecule has 3 aromatic rings. The molecule has 0 fully saturated rings. The number of rotatable bonds is 11. The number of hydrogen-bond acceptors (Lipinski definition) is 4. The summed E-state index contributed by atoms with van der Waals surface area (Å²) in [4.78, 5) is 28.3. The first-order valence-electron chi connectivity index (χ1n) is 12.6. The summed E-state index contributed by atoms with van der Waals surface area (Å²) in [6.45, 7) is 6.99. The predicted octanol–water partition coefficient (Wildman–Crippen LogP) is 5.75. The standard InChI is InChI=1S/C29H33Cl2N3O4S/c1-5-17-32-29(36)22(4)33(18-24-25(30)10-8-11-26(24)31)28(35)19-34(27-12-7-6-9-21(27)3)39(37,38)23-15-13-20(2)14-16-23/h6-16,22H,5,17-19H2,1-4H3,(H,32,36)/t22-/m1/s1. The first-order valence-corrected chi connectivity index (χ1v) is 14.8. The summed E-state index contributed by atoms with van der Waals surface area (Å²) >= 11 is 12.8. The summed E-state index contributed by atoms with van der Waals surface area (Å²) in [5.74, 6) is -0.943. The molecule has 0 heterocycles. The summed E-state index contributed by atoms with van der Waals surface area (Å²) in [7, 11) is -4.14. The number of carbonyl (C=O) groups is 2. The number of carbonyl (C=O) groups excluding carboxylic acids is 2. The average molecular weight is 591 g/mol. The number of hydrogen-bond donors (Lipinski definition) is 1. The van der Waals surface area contributed by atoms with Crippen LogP contribution >= 0.6 is 23.2 Å². The minimum Gasteiger partial charge on any atom is -0.354 e. The molecule has 0 aliphatic rings. The largest absolute Gasteiger partial charge is 0.354 e. The first kappa shape index (κ1) is 30.5. The molecule has 0 radical (unpaired) electrons. The van der Waals surface area contributed by atoms with Crippen LogP contribution < -0.4 is 9.62 Å². The second-order valence-corrected chi connectivity index (χ2v) is 12.0.